The van der Waals surface area contributed by atoms with Crippen LogP contribution in [0.4, 0.5) is 0 Å². The quantitative estimate of drug-likeness (QED) is 0.779. The third-order valence-electron chi connectivity index (χ3n) is 4.07. The molecule has 0 bridgehead atoms. The van der Waals surface area contributed by atoms with Crippen molar-refractivity contribution in [2.75, 3.05) is 13.2 Å². The summed E-state index contributed by atoms with van der Waals surface area (Å²) in [6.07, 6.45) is 4.73. The number of benzene rings is 1. The van der Waals surface area contributed by atoms with Crippen LogP contribution in [0.1, 0.15) is 37.3 Å². The van der Waals surface area contributed by atoms with Gasteiger partial charge in [-0.2, -0.15) is 0 Å². The van der Waals surface area contributed by atoms with Crippen molar-refractivity contribution in [1.29, 1.82) is 0 Å². The standard InChI is InChI=1S/C15H23BrN2O/c16-13-7-5-11(6-8-13)15(9-17)18-14-4-2-1-3-12(14)10-19/h5-8,12,14-15,18-19H,1-4,9-10,17H2. The predicted octanol–water partition coefficient (Wildman–Crippen LogP) is 2.59. The highest BCUT2D eigenvalue weighted by molar-refractivity contribution is 9.10. The largest absolute Gasteiger partial charge is 0.396 e. The molecule has 4 N–H and O–H groups in total. The second-order valence-electron chi connectivity index (χ2n) is 5.34. The van der Waals surface area contributed by atoms with Crippen LogP contribution >= 0.6 is 15.9 Å². The molecule has 0 amide bonds. The number of nitrogens with one attached hydrogen (secondary N) is 1. The molecule has 106 valence electrons. The molecule has 3 unspecified atom stereocenters. The summed E-state index contributed by atoms with van der Waals surface area (Å²) in [4.78, 5) is 0. The topological polar surface area (TPSA) is 58.3 Å². The van der Waals surface area contributed by atoms with Crippen LogP contribution in [0, 0.1) is 5.92 Å². The van der Waals surface area contributed by atoms with Gasteiger partial charge in [0.05, 0.1) is 0 Å². The highest BCUT2D eigenvalue weighted by atomic mass is 79.9. The summed E-state index contributed by atoms with van der Waals surface area (Å²) in [6.45, 7) is 0.853. The van der Waals surface area contributed by atoms with Gasteiger partial charge in [-0.25, -0.2) is 0 Å². The van der Waals surface area contributed by atoms with Crippen LogP contribution in [0.3, 0.4) is 0 Å². The van der Waals surface area contributed by atoms with Crippen LogP contribution in [-0.4, -0.2) is 24.3 Å². The molecule has 0 aromatic heterocycles. The van der Waals surface area contributed by atoms with E-state index in [1.165, 1.54) is 18.4 Å². The molecule has 3 atom stereocenters. The van der Waals surface area contributed by atoms with Crippen LogP contribution in [0.5, 0.6) is 0 Å². The lowest BCUT2D eigenvalue weighted by molar-refractivity contribution is 0.146. The van der Waals surface area contributed by atoms with E-state index in [1.807, 2.05) is 12.1 Å². The molecule has 1 saturated carbocycles. The van der Waals surface area contributed by atoms with Crippen molar-refractivity contribution in [3.8, 4) is 0 Å². The van der Waals surface area contributed by atoms with E-state index in [1.54, 1.807) is 0 Å². The zero-order valence-corrected chi connectivity index (χ0v) is 12.8. The molecule has 2 rings (SSSR count). The van der Waals surface area contributed by atoms with Crippen molar-refractivity contribution < 1.29 is 5.11 Å². The van der Waals surface area contributed by atoms with Gasteiger partial charge in [-0.1, -0.05) is 40.9 Å². The Balaban J connectivity index is 2.03. The van der Waals surface area contributed by atoms with E-state index in [0.717, 1.165) is 17.3 Å². The lowest BCUT2D eigenvalue weighted by Crippen LogP contribution is -2.44. The van der Waals surface area contributed by atoms with Crippen molar-refractivity contribution in [2.45, 2.75) is 37.8 Å². The summed E-state index contributed by atoms with van der Waals surface area (Å²) in [5.41, 5.74) is 7.13. The van der Waals surface area contributed by atoms with Crippen LogP contribution in [0.2, 0.25) is 0 Å². The molecule has 1 fully saturated rings. The van der Waals surface area contributed by atoms with E-state index in [-0.39, 0.29) is 12.6 Å². The van der Waals surface area contributed by atoms with Crippen LogP contribution < -0.4 is 11.1 Å². The molecular weight excluding hydrogens is 304 g/mol. The van der Waals surface area contributed by atoms with E-state index in [0.29, 0.717) is 18.5 Å². The highest BCUT2D eigenvalue weighted by Gasteiger charge is 2.26. The first-order valence-electron chi connectivity index (χ1n) is 7.07. The maximum absolute atomic E-state index is 9.48. The van der Waals surface area contributed by atoms with Gasteiger partial charge in [-0.15, -0.1) is 0 Å². The van der Waals surface area contributed by atoms with Gasteiger partial charge in [0.1, 0.15) is 0 Å². The van der Waals surface area contributed by atoms with Crippen molar-refractivity contribution in [2.24, 2.45) is 11.7 Å². The Kier molecular flexibility index (Phi) is 5.82. The number of nitrogens with two attached hydrogens (primary N) is 1. The van der Waals surface area contributed by atoms with Gasteiger partial charge in [0.15, 0.2) is 0 Å². The number of aliphatic hydroxyl groups is 1. The first-order valence-corrected chi connectivity index (χ1v) is 7.86. The van der Waals surface area contributed by atoms with Crippen molar-refractivity contribution >= 4 is 15.9 Å². The Morgan fingerprint density at radius 1 is 1.26 bits per heavy atom. The van der Waals surface area contributed by atoms with Gasteiger partial charge in [0.2, 0.25) is 0 Å². The fraction of sp³-hybridized carbons (Fsp3) is 0.600. The van der Waals surface area contributed by atoms with Crippen LogP contribution in [0.25, 0.3) is 0 Å². The lowest BCUT2D eigenvalue weighted by Gasteiger charge is -2.34. The first-order chi connectivity index (χ1) is 9.24. The average Bonchev–Trinajstić information content (AvgIpc) is 2.46. The van der Waals surface area contributed by atoms with Gasteiger partial charge >= 0.3 is 0 Å². The third kappa shape index (κ3) is 4.02. The molecule has 19 heavy (non-hydrogen) atoms. The maximum Gasteiger partial charge on any atom is 0.0474 e. The monoisotopic (exact) mass is 326 g/mol. The molecule has 1 aliphatic carbocycles. The van der Waals surface area contributed by atoms with Crippen molar-refractivity contribution in [1.82, 2.24) is 5.32 Å². The Labute approximate surface area is 123 Å². The summed E-state index contributed by atoms with van der Waals surface area (Å²) in [5.74, 6) is 0.373. The molecule has 0 spiro atoms. The van der Waals surface area contributed by atoms with Crippen molar-refractivity contribution in [3.05, 3.63) is 34.3 Å². The Bertz CT molecular complexity index is 382. The van der Waals surface area contributed by atoms with Gasteiger partial charge in [-0.05, 0) is 36.5 Å². The summed E-state index contributed by atoms with van der Waals surface area (Å²) >= 11 is 3.45. The molecule has 0 radical (unpaired) electrons. The second-order valence-corrected chi connectivity index (χ2v) is 6.26. The summed E-state index contributed by atoms with van der Waals surface area (Å²) in [6, 6.07) is 8.85. The third-order valence-corrected chi connectivity index (χ3v) is 4.60. The SMILES string of the molecule is NCC(NC1CCCCC1CO)c1ccc(Br)cc1. The zero-order valence-electron chi connectivity index (χ0n) is 11.2. The number of rotatable bonds is 5. The first kappa shape index (κ1) is 15.0. The minimum atomic E-state index is 0.172. The molecule has 1 aromatic carbocycles. The summed E-state index contributed by atoms with van der Waals surface area (Å²) < 4.78 is 1.08. The van der Waals surface area contributed by atoms with Crippen molar-refractivity contribution in [3.63, 3.8) is 0 Å². The Hall–Kier alpha value is -0.420. The molecule has 0 heterocycles. The lowest BCUT2D eigenvalue weighted by atomic mass is 9.84. The Morgan fingerprint density at radius 2 is 1.95 bits per heavy atom. The normalized spacial score (nSPS) is 25.2. The molecule has 0 aliphatic heterocycles. The summed E-state index contributed by atoms with van der Waals surface area (Å²) in [5, 5.41) is 13.1. The Morgan fingerprint density at radius 3 is 2.58 bits per heavy atom. The van der Waals surface area contributed by atoms with Crippen LogP contribution in [-0.2, 0) is 0 Å². The number of aliphatic hydroxyl groups excluding tert-OH is 1. The van der Waals surface area contributed by atoms with Gasteiger partial charge < -0.3 is 16.2 Å². The fourth-order valence-corrected chi connectivity index (χ4v) is 3.16. The predicted molar refractivity (Wildman–Crippen MR) is 81.9 cm³/mol. The van der Waals surface area contributed by atoms with Crippen LogP contribution in [0.15, 0.2) is 28.7 Å². The van der Waals surface area contributed by atoms with E-state index < -0.39 is 0 Å². The van der Waals surface area contributed by atoms with E-state index >= 15 is 0 Å². The smallest absolute Gasteiger partial charge is 0.0474 e. The van der Waals surface area contributed by atoms with Gasteiger partial charge in [0.25, 0.3) is 0 Å². The molecule has 1 aliphatic rings. The zero-order chi connectivity index (χ0) is 13.7. The van der Waals surface area contributed by atoms with Gasteiger partial charge in [-0.3, -0.25) is 0 Å². The minimum absolute atomic E-state index is 0.172. The highest BCUT2D eigenvalue weighted by Crippen LogP contribution is 2.26. The molecular formula is C15H23BrN2O. The summed E-state index contributed by atoms with van der Waals surface area (Å²) in [7, 11) is 0. The number of hydrogen-bond acceptors (Lipinski definition) is 3. The maximum atomic E-state index is 9.48. The van der Waals surface area contributed by atoms with E-state index in [4.69, 9.17) is 5.73 Å². The molecule has 0 saturated heterocycles. The number of halogens is 1. The number of hydrogen-bond donors (Lipinski definition) is 3. The van der Waals surface area contributed by atoms with E-state index in [9.17, 15) is 5.11 Å². The minimum Gasteiger partial charge on any atom is -0.396 e. The molecule has 4 heteroatoms. The van der Waals surface area contributed by atoms with Gasteiger partial charge in [0, 0.05) is 29.7 Å². The average molecular weight is 327 g/mol. The fourth-order valence-electron chi connectivity index (χ4n) is 2.90. The second kappa shape index (κ2) is 7.39. The van der Waals surface area contributed by atoms with E-state index in [2.05, 4.69) is 33.4 Å². The molecule has 3 nitrogen and oxygen atoms in total. The molecule has 1 aromatic rings.